The number of ether oxygens (including phenoxy) is 1. The Hall–Kier alpha value is -2.22. The number of aromatic nitrogens is 2. The lowest BCUT2D eigenvalue weighted by molar-refractivity contribution is -0.139. The number of hydrogen-bond acceptors (Lipinski definition) is 6. The van der Waals surface area contributed by atoms with E-state index in [1.807, 2.05) is 0 Å². The van der Waals surface area contributed by atoms with Crippen LogP contribution in [0.2, 0.25) is 0 Å². The van der Waals surface area contributed by atoms with Crippen LogP contribution in [0.25, 0.3) is 0 Å². The van der Waals surface area contributed by atoms with Gasteiger partial charge in [0.2, 0.25) is 0 Å². The van der Waals surface area contributed by atoms with Crippen molar-refractivity contribution < 1.29 is 14.3 Å². The zero-order valence-electron chi connectivity index (χ0n) is 14.3. The van der Waals surface area contributed by atoms with Gasteiger partial charge in [0, 0.05) is 45.2 Å². The van der Waals surface area contributed by atoms with Gasteiger partial charge in [0.25, 0.3) is 0 Å². The molecule has 1 atom stereocenters. The van der Waals surface area contributed by atoms with E-state index in [1.165, 1.54) is 0 Å². The number of carbonyl (C=O) groups excluding carboxylic acids is 2. The molecular formula is C17H25N5O3. The normalized spacial score (nSPS) is 21.1. The average Bonchev–Trinajstić information content (AvgIpc) is 3.19. The largest absolute Gasteiger partial charge is 0.376 e. The highest BCUT2D eigenvalue weighted by atomic mass is 16.5. The first-order valence-electron chi connectivity index (χ1n) is 8.91. The van der Waals surface area contributed by atoms with Crippen LogP contribution in [0, 0.1) is 5.92 Å². The number of anilines is 1. The third-order valence-electron chi connectivity index (χ3n) is 4.76. The maximum absolute atomic E-state index is 11.9. The second-order valence-corrected chi connectivity index (χ2v) is 6.55. The predicted molar refractivity (Wildman–Crippen MR) is 92.0 cm³/mol. The monoisotopic (exact) mass is 347 g/mol. The molecule has 2 amide bonds. The predicted octanol–water partition coefficient (Wildman–Crippen LogP) is 0.104. The first kappa shape index (κ1) is 17.6. The molecular weight excluding hydrogens is 322 g/mol. The van der Waals surface area contributed by atoms with Crippen LogP contribution < -0.4 is 15.5 Å². The van der Waals surface area contributed by atoms with Gasteiger partial charge in [-0.25, -0.2) is 4.98 Å². The Labute approximate surface area is 147 Å². The molecule has 1 aromatic rings. The molecule has 0 aromatic carbocycles. The van der Waals surface area contributed by atoms with E-state index >= 15 is 0 Å². The van der Waals surface area contributed by atoms with Crippen LogP contribution in [0.1, 0.15) is 25.7 Å². The summed E-state index contributed by atoms with van der Waals surface area (Å²) in [6.07, 6.45) is 9.02. The highest BCUT2D eigenvalue weighted by Crippen LogP contribution is 2.20. The average molecular weight is 347 g/mol. The van der Waals surface area contributed by atoms with Crippen LogP contribution in [-0.2, 0) is 14.3 Å². The van der Waals surface area contributed by atoms with E-state index in [0.29, 0.717) is 19.0 Å². The molecule has 2 aliphatic heterocycles. The molecule has 0 radical (unpaired) electrons. The molecule has 1 aromatic heterocycles. The van der Waals surface area contributed by atoms with E-state index in [1.54, 1.807) is 18.6 Å². The van der Waals surface area contributed by atoms with Gasteiger partial charge in [-0.1, -0.05) is 0 Å². The summed E-state index contributed by atoms with van der Waals surface area (Å²) in [4.78, 5) is 34.3. The van der Waals surface area contributed by atoms with Crippen LogP contribution in [0.15, 0.2) is 18.6 Å². The molecule has 0 spiro atoms. The maximum atomic E-state index is 11.9. The van der Waals surface area contributed by atoms with Crippen LogP contribution in [0.4, 0.5) is 5.82 Å². The molecule has 2 N–H and O–H groups in total. The first-order chi connectivity index (χ1) is 12.2. The van der Waals surface area contributed by atoms with Gasteiger partial charge in [-0.05, 0) is 31.6 Å². The molecule has 0 saturated carbocycles. The van der Waals surface area contributed by atoms with Crippen molar-refractivity contribution in [3.8, 4) is 0 Å². The zero-order chi connectivity index (χ0) is 17.5. The Kier molecular flexibility index (Phi) is 6.16. The van der Waals surface area contributed by atoms with Crippen LogP contribution >= 0.6 is 0 Å². The smallest absolute Gasteiger partial charge is 0.309 e. The molecule has 3 heterocycles. The molecule has 0 bridgehead atoms. The van der Waals surface area contributed by atoms with Crippen molar-refractivity contribution in [1.29, 1.82) is 0 Å². The molecule has 3 rings (SSSR count). The molecule has 2 saturated heterocycles. The van der Waals surface area contributed by atoms with Gasteiger partial charge < -0.3 is 20.3 Å². The lowest BCUT2D eigenvalue weighted by Crippen LogP contribution is -2.45. The minimum absolute atomic E-state index is 0.0437. The van der Waals surface area contributed by atoms with E-state index in [9.17, 15) is 9.59 Å². The Balaban J connectivity index is 1.33. The van der Waals surface area contributed by atoms with Gasteiger partial charge in [-0.2, -0.15) is 0 Å². The Morgan fingerprint density at radius 3 is 2.52 bits per heavy atom. The summed E-state index contributed by atoms with van der Waals surface area (Å²) in [7, 11) is 0. The molecule has 0 aliphatic carbocycles. The minimum Gasteiger partial charge on any atom is -0.376 e. The van der Waals surface area contributed by atoms with E-state index in [-0.39, 0.29) is 6.10 Å². The molecule has 8 nitrogen and oxygen atoms in total. The van der Waals surface area contributed by atoms with Crippen LogP contribution in [-0.4, -0.2) is 60.7 Å². The molecule has 8 heteroatoms. The molecule has 2 fully saturated rings. The van der Waals surface area contributed by atoms with Gasteiger partial charge in [0.05, 0.1) is 12.3 Å². The first-order valence-corrected chi connectivity index (χ1v) is 8.91. The lowest BCUT2D eigenvalue weighted by Gasteiger charge is -2.32. The summed E-state index contributed by atoms with van der Waals surface area (Å²) < 4.78 is 5.42. The van der Waals surface area contributed by atoms with Gasteiger partial charge in [-0.15, -0.1) is 0 Å². The van der Waals surface area contributed by atoms with Crippen molar-refractivity contribution >= 4 is 17.6 Å². The zero-order valence-corrected chi connectivity index (χ0v) is 14.3. The maximum Gasteiger partial charge on any atom is 0.309 e. The fraction of sp³-hybridized carbons (Fsp3) is 0.647. The van der Waals surface area contributed by atoms with Crippen molar-refractivity contribution in [2.45, 2.75) is 31.8 Å². The van der Waals surface area contributed by atoms with Crippen molar-refractivity contribution in [2.75, 3.05) is 37.7 Å². The van der Waals surface area contributed by atoms with Gasteiger partial charge in [0.1, 0.15) is 5.82 Å². The molecule has 1 unspecified atom stereocenters. The van der Waals surface area contributed by atoms with Crippen molar-refractivity contribution in [2.24, 2.45) is 5.92 Å². The summed E-state index contributed by atoms with van der Waals surface area (Å²) >= 11 is 0. The van der Waals surface area contributed by atoms with E-state index in [2.05, 4.69) is 25.5 Å². The van der Waals surface area contributed by atoms with Gasteiger partial charge in [0.15, 0.2) is 0 Å². The van der Waals surface area contributed by atoms with E-state index in [4.69, 9.17) is 4.74 Å². The fourth-order valence-electron chi connectivity index (χ4n) is 3.23. The molecule has 25 heavy (non-hydrogen) atoms. The fourth-order valence-corrected chi connectivity index (χ4v) is 3.23. The van der Waals surface area contributed by atoms with Crippen molar-refractivity contribution in [1.82, 2.24) is 20.6 Å². The second-order valence-electron chi connectivity index (χ2n) is 6.55. The van der Waals surface area contributed by atoms with Crippen molar-refractivity contribution in [3.63, 3.8) is 0 Å². The van der Waals surface area contributed by atoms with E-state index < -0.39 is 11.8 Å². The van der Waals surface area contributed by atoms with Crippen LogP contribution in [0.5, 0.6) is 0 Å². The molecule has 2 aliphatic rings. The second kappa shape index (κ2) is 8.75. The summed E-state index contributed by atoms with van der Waals surface area (Å²) in [6.45, 7) is 3.43. The number of nitrogens with one attached hydrogen (secondary N) is 2. The number of piperidine rings is 1. The topological polar surface area (TPSA) is 96.5 Å². The number of hydrogen-bond donors (Lipinski definition) is 2. The number of amides is 2. The minimum atomic E-state index is -0.576. The standard InChI is InChI=1S/C17H25N5O3/c23-16(17(24)21-11-14-2-1-9-25-14)20-10-13-3-7-22(8-4-13)15-12-18-5-6-19-15/h5-6,12-14H,1-4,7-11H2,(H,20,23)(H,21,24). The highest BCUT2D eigenvalue weighted by molar-refractivity contribution is 6.35. The van der Waals surface area contributed by atoms with Crippen LogP contribution in [0.3, 0.4) is 0 Å². The Morgan fingerprint density at radius 1 is 1.12 bits per heavy atom. The summed E-state index contributed by atoms with van der Waals surface area (Å²) in [5.41, 5.74) is 0. The van der Waals surface area contributed by atoms with Gasteiger partial charge in [-0.3, -0.25) is 14.6 Å². The third kappa shape index (κ3) is 5.12. The Morgan fingerprint density at radius 2 is 1.88 bits per heavy atom. The van der Waals surface area contributed by atoms with Crippen molar-refractivity contribution in [3.05, 3.63) is 18.6 Å². The van der Waals surface area contributed by atoms with E-state index in [0.717, 1.165) is 51.2 Å². The third-order valence-corrected chi connectivity index (χ3v) is 4.76. The summed E-state index contributed by atoms with van der Waals surface area (Å²) in [5.74, 6) is 0.128. The lowest BCUT2D eigenvalue weighted by atomic mass is 9.97. The summed E-state index contributed by atoms with van der Waals surface area (Å²) in [5, 5.41) is 5.39. The quantitative estimate of drug-likeness (QED) is 0.734. The summed E-state index contributed by atoms with van der Waals surface area (Å²) in [6, 6.07) is 0. The van der Waals surface area contributed by atoms with Gasteiger partial charge >= 0.3 is 11.8 Å². The highest BCUT2D eigenvalue weighted by Gasteiger charge is 2.23. The number of rotatable bonds is 5. The Bertz CT molecular complexity index is 569. The SMILES string of the molecule is O=C(NCC1CCN(c2cnccn2)CC1)C(=O)NCC1CCCO1. The molecule has 136 valence electrons. The number of carbonyl (C=O) groups is 2. The number of nitrogens with zero attached hydrogens (tertiary/aromatic N) is 3.